The van der Waals surface area contributed by atoms with Gasteiger partial charge in [-0.25, -0.2) is 9.79 Å². The first kappa shape index (κ1) is 21.0. The van der Waals surface area contributed by atoms with Crippen molar-refractivity contribution in [3.8, 4) is 0 Å². The Hall–Kier alpha value is -2.25. The molecule has 4 rings (SSSR count). The zero-order chi connectivity index (χ0) is 21.4. The van der Waals surface area contributed by atoms with Gasteiger partial charge in [0.1, 0.15) is 0 Å². The standard InChI is InChI=1S/C22H24ClN3O3S/c1-12(2)29-21(28)19-13(3)24-22-26(20(19)14-5-4-6-15(23)9-14)17(11-30-22)10-18(27)25-16-7-8-16/h4-6,9,11-12,16,20H,7-8,10H2,1-3H3,(H,25,27). The molecule has 1 N–H and O–H groups in total. The number of carbonyl (C=O) groups is 2. The molecule has 3 aliphatic rings. The Morgan fingerprint density at radius 1 is 1.37 bits per heavy atom. The third-order valence-electron chi connectivity index (χ3n) is 5.01. The van der Waals surface area contributed by atoms with Crippen LogP contribution in [0.3, 0.4) is 0 Å². The molecule has 0 spiro atoms. The number of nitrogens with zero attached hydrogens (tertiary/aromatic N) is 2. The predicted octanol–water partition coefficient (Wildman–Crippen LogP) is 4.54. The number of hydrogen-bond donors (Lipinski definition) is 1. The van der Waals surface area contributed by atoms with E-state index in [1.54, 1.807) is 6.07 Å². The van der Waals surface area contributed by atoms with E-state index >= 15 is 0 Å². The van der Waals surface area contributed by atoms with Crippen LogP contribution in [0.4, 0.5) is 0 Å². The van der Waals surface area contributed by atoms with E-state index in [1.165, 1.54) is 11.8 Å². The second-order valence-corrected chi connectivity index (χ2v) is 9.19. The summed E-state index contributed by atoms with van der Waals surface area (Å²) < 4.78 is 5.54. The van der Waals surface area contributed by atoms with Gasteiger partial charge in [0.25, 0.3) is 0 Å². The summed E-state index contributed by atoms with van der Waals surface area (Å²) in [4.78, 5) is 32.2. The average Bonchev–Trinajstić information content (AvgIpc) is 3.39. The first-order valence-electron chi connectivity index (χ1n) is 10.0. The molecule has 6 nitrogen and oxygen atoms in total. The largest absolute Gasteiger partial charge is 0.459 e. The predicted molar refractivity (Wildman–Crippen MR) is 119 cm³/mol. The molecule has 2 heterocycles. The van der Waals surface area contributed by atoms with Crippen LogP contribution < -0.4 is 5.32 Å². The van der Waals surface area contributed by atoms with Crippen molar-refractivity contribution >= 4 is 40.4 Å². The van der Waals surface area contributed by atoms with E-state index in [0.717, 1.165) is 29.3 Å². The van der Waals surface area contributed by atoms with E-state index in [0.29, 0.717) is 22.3 Å². The maximum Gasteiger partial charge on any atom is 0.338 e. The monoisotopic (exact) mass is 445 g/mol. The van der Waals surface area contributed by atoms with Crippen LogP contribution in [0, 0.1) is 0 Å². The molecule has 0 aromatic heterocycles. The van der Waals surface area contributed by atoms with Gasteiger partial charge in [0.05, 0.1) is 29.8 Å². The van der Waals surface area contributed by atoms with E-state index < -0.39 is 12.0 Å². The van der Waals surface area contributed by atoms with Crippen LogP contribution in [-0.2, 0) is 14.3 Å². The van der Waals surface area contributed by atoms with Crippen LogP contribution in [0.25, 0.3) is 0 Å². The molecular formula is C22H24ClN3O3S. The van der Waals surface area contributed by atoms with Crippen LogP contribution in [0.5, 0.6) is 0 Å². The molecular weight excluding hydrogens is 422 g/mol. The highest BCUT2D eigenvalue weighted by Crippen LogP contribution is 2.45. The van der Waals surface area contributed by atoms with E-state index in [1.807, 2.05) is 49.3 Å². The molecule has 0 radical (unpaired) electrons. The minimum Gasteiger partial charge on any atom is -0.459 e. The number of fused-ring (bicyclic) bond motifs is 1. The number of amidine groups is 1. The van der Waals surface area contributed by atoms with E-state index in [-0.39, 0.29) is 18.4 Å². The topological polar surface area (TPSA) is 71.0 Å². The van der Waals surface area contributed by atoms with E-state index in [2.05, 4.69) is 10.3 Å². The first-order valence-corrected chi connectivity index (χ1v) is 11.3. The lowest BCUT2D eigenvalue weighted by molar-refractivity contribution is -0.143. The molecule has 30 heavy (non-hydrogen) atoms. The molecule has 0 bridgehead atoms. The number of allylic oxidation sites excluding steroid dienone is 1. The molecule has 1 amide bonds. The summed E-state index contributed by atoms with van der Waals surface area (Å²) in [6.45, 7) is 5.45. The summed E-state index contributed by atoms with van der Waals surface area (Å²) in [5.74, 6) is -0.429. The number of rotatable bonds is 6. The van der Waals surface area contributed by atoms with Gasteiger partial charge in [-0.3, -0.25) is 4.79 Å². The maximum atomic E-state index is 13.0. The molecule has 8 heteroatoms. The van der Waals surface area contributed by atoms with Crippen molar-refractivity contribution in [3.63, 3.8) is 0 Å². The van der Waals surface area contributed by atoms with Gasteiger partial charge >= 0.3 is 5.97 Å². The van der Waals surface area contributed by atoms with Gasteiger partial charge in [-0.05, 0) is 56.7 Å². The molecule has 1 fully saturated rings. The van der Waals surface area contributed by atoms with Crippen molar-refractivity contribution in [2.75, 3.05) is 0 Å². The Bertz CT molecular complexity index is 982. The highest BCUT2D eigenvalue weighted by atomic mass is 35.5. The summed E-state index contributed by atoms with van der Waals surface area (Å²) in [6, 6.07) is 7.26. The van der Waals surface area contributed by atoms with Gasteiger partial charge < -0.3 is 15.0 Å². The van der Waals surface area contributed by atoms with Crippen molar-refractivity contribution < 1.29 is 14.3 Å². The number of thioether (sulfide) groups is 1. The van der Waals surface area contributed by atoms with Crippen LogP contribution in [0.1, 0.15) is 51.6 Å². The minimum atomic E-state index is -0.461. The molecule has 1 aliphatic carbocycles. The Labute approximate surface area is 185 Å². The van der Waals surface area contributed by atoms with Gasteiger partial charge in [-0.15, -0.1) is 0 Å². The fraction of sp³-hybridized carbons (Fsp3) is 0.409. The second-order valence-electron chi connectivity index (χ2n) is 7.92. The fourth-order valence-electron chi connectivity index (χ4n) is 3.57. The summed E-state index contributed by atoms with van der Waals surface area (Å²) in [5, 5.41) is 6.29. The third-order valence-corrected chi connectivity index (χ3v) is 6.14. The number of amides is 1. The molecule has 1 aromatic carbocycles. The first-order chi connectivity index (χ1) is 14.3. The normalized spacial score (nSPS) is 20.7. The number of halogens is 1. The SMILES string of the molecule is CC1=C(C(=O)OC(C)C)C(c2cccc(Cl)c2)N2C(CC(=O)NC3CC3)=CSC2=N1. The molecule has 1 aromatic rings. The highest BCUT2D eigenvalue weighted by molar-refractivity contribution is 8.16. The number of hydrogen-bond acceptors (Lipinski definition) is 6. The lowest BCUT2D eigenvalue weighted by Crippen LogP contribution is -2.38. The molecule has 158 valence electrons. The Morgan fingerprint density at radius 2 is 2.13 bits per heavy atom. The zero-order valence-electron chi connectivity index (χ0n) is 17.1. The van der Waals surface area contributed by atoms with Gasteiger partial charge in [0.15, 0.2) is 5.17 Å². The van der Waals surface area contributed by atoms with Crippen molar-refractivity contribution in [2.24, 2.45) is 4.99 Å². The van der Waals surface area contributed by atoms with E-state index in [4.69, 9.17) is 16.3 Å². The fourth-order valence-corrected chi connectivity index (χ4v) is 4.73. The summed E-state index contributed by atoms with van der Waals surface area (Å²) in [6.07, 6.45) is 2.05. The molecule has 1 unspecified atom stereocenters. The van der Waals surface area contributed by atoms with Crippen LogP contribution in [0.15, 0.2) is 51.6 Å². The summed E-state index contributed by atoms with van der Waals surface area (Å²) in [7, 11) is 0. The van der Waals surface area contributed by atoms with Gasteiger partial charge in [0.2, 0.25) is 5.91 Å². The van der Waals surface area contributed by atoms with Crippen molar-refractivity contribution in [1.82, 2.24) is 10.2 Å². The number of esters is 1. The smallest absolute Gasteiger partial charge is 0.338 e. The second kappa shape index (κ2) is 8.47. The maximum absolute atomic E-state index is 13.0. The summed E-state index contributed by atoms with van der Waals surface area (Å²) >= 11 is 7.73. The van der Waals surface area contributed by atoms with Crippen molar-refractivity contribution in [1.29, 1.82) is 0 Å². The number of aliphatic imine (C=N–C) groups is 1. The Morgan fingerprint density at radius 3 is 2.80 bits per heavy atom. The van der Waals surface area contributed by atoms with Gasteiger partial charge in [0, 0.05) is 16.8 Å². The lowest BCUT2D eigenvalue weighted by atomic mass is 9.94. The van der Waals surface area contributed by atoms with Gasteiger partial charge in [-0.1, -0.05) is 35.5 Å². The highest BCUT2D eigenvalue weighted by Gasteiger charge is 2.41. The average molecular weight is 446 g/mol. The van der Waals surface area contributed by atoms with Crippen molar-refractivity contribution in [2.45, 2.75) is 58.2 Å². The molecule has 1 atom stereocenters. The lowest BCUT2D eigenvalue weighted by Gasteiger charge is -2.36. The third kappa shape index (κ3) is 4.42. The molecule has 1 saturated carbocycles. The van der Waals surface area contributed by atoms with Crippen LogP contribution >= 0.6 is 23.4 Å². The molecule has 0 saturated heterocycles. The Balaban J connectivity index is 1.72. The number of nitrogens with one attached hydrogen (secondary N) is 1. The zero-order valence-corrected chi connectivity index (χ0v) is 18.7. The number of benzene rings is 1. The van der Waals surface area contributed by atoms with Gasteiger partial charge in [-0.2, -0.15) is 0 Å². The number of ether oxygens (including phenoxy) is 1. The quantitative estimate of drug-likeness (QED) is 0.651. The van der Waals surface area contributed by atoms with Crippen molar-refractivity contribution in [3.05, 3.63) is 57.2 Å². The van der Waals surface area contributed by atoms with Crippen LogP contribution in [-0.4, -0.2) is 34.1 Å². The summed E-state index contributed by atoms with van der Waals surface area (Å²) in [5.41, 5.74) is 2.73. The van der Waals surface area contributed by atoms with E-state index in [9.17, 15) is 9.59 Å². The molecule has 2 aliphatic heterocycles. The Kier molecular flexibility index (Phi) is 5.93. The number of carbonyl (C=O) groups excluding carboxylic acids is 2. The van der Waals surface area contributed by atoms with Crippen LogP contribution in [0.2, 0.25) is 5.02 Å². The minimum absolute atomic E-state index is 0.0203.